The fourth-order valence-corrected chi connectivity index (χ4v) is 4.76. The van der Waals surface area contributed by atoms with Crippen LogP contribution in [0.15, 0.2) is 32.7 Å². The molecule has 0 amide bonds. The van der Waals surface area contributed by atoms with E-state index in [0.29, 0.717) is 4.57 Å². The van der Waals surface area contributed by atoms with E-state index in [2.05, 4.69) is 0 Å². The largest absolute Gasteiger partial charge is 0.495 e. The average molecular weight is 483 g/mol. The number of Topliss-reactive ketones (excluding diaryl/α,β-unsaturated/α-hetero) is 1. The SMILES string of the molecule is CCN(CC)S(=O)(=O)c1cc(C(=O)OCC(=O)c2c(N)n(C)c(=O)n(C)c2=O)ccc1OC. The number of sulfonamides is 1. The van der Waals surface area contributed by atoms with Crippen LogP contribution >= 0.6 is 0 Å². The molecule has 0 radical (unpaired) electrons. The van der Waals surface area contributed by atoms with Crippen LogP contribution in [0.5, 0.6) is 5.75 Å². The van der Waals surface area contributed by atoms with Crippen molar-refractivity contribution in [3.63, 3.8) is 0 Å². The van der Waals surface area contributed by atoms with Gasteiger partial charge in [0, 0.05) is 27.2 Å². The van der Waals surface area contributed by atoms with Crippen molar-refractivity contribution in [1.29, 1.82) is 0 Å². The minimum atomic E-state index is -3.96. The number of ether oxygens (including phenoxy) is 2. The van der Waals surface area contributed by atoms with Gasteiger partial charge in [0.05, 0.1) is 12.7 Å². The maximum atomic E-state index is 12.9. The van der Waals surface area contributed by atoms with Gasteiger partial charge in [-0.05, 0) is 18.2 Å². The van der Waals surface area contributed by atoms with Gasteiger partial charge in [-0.15, -0.1) is 0 Å². The number of hydrogen-bond donors (Lipinski definition) is 1. The molecule has 1 heterocycles. The molecule has 1 aromatic heterocycles. The van der Waals surface area contributed by atoms with E-state index in [9.17, 15) is 27.6 Å². The Balaban J connectivity index is 2.35. The van der Waals surface area contributed by atoms with Crippen molar-refractivity contribution in [1.82, 2.24) is 13.4 Å². The lowest BCUT2D eigenvalue weighted by atomic mass is 10.2. The Labute approximate surface area is 190 Å². The molecule has 0 bridgehead atoms. The molecule has 2 N–H and O–H groups in total. The average Bonchev–Trinajstić information content (AvgIpc) is 2.80. The minimum Gasteiger partial charge on any atom is -0.495 e. The first-order valence-corrected chi connectivity index (χ1v) is 11.3. The number of nitrogen functional groups attached to an aromatic ring is 1. The van der Waals surface area contributed by atoms with Gasteiger partial charge < -0.3 is 15.2 Å². The van der Waals surface area contributed by atoms with Gasteiger partial charge in [-0.25, -0.2) is 18.0 Å². The van der Waals surface area contributed by atoms with E-state index in [0.717, 1.165) is 10.6 Å². The van der Waals surface area contributed by atoms with Gasteiger partial charge in [-0.1, -0.05) is 13.8 Å². The van der Waals surface area contributed by atoms with Crippen molar-refractivity contribution in [2.75, 3.05) is 32.5 Å². The van der Waals surface area contributed by atoms with Crippen molar-refractivity contribution < 1.29 is 27.5 Å². The first-order valence-electron chi connectivity index (χ1n) is 9.86. The summed E-state index contributed by atoms with van der Waals surface area (Å²) in [5.74, 6) is -2.24. The molecule has 0 aliphatic heterocycles. The van der Waals surface area contributed by atoms with Gasteiger partial charge in [0.15, 0.2) is 6.61 Å². The number of methoxy groups -OCH3 is 1. The van der Waals surface area contributed by atoms with Gasteiger partial charge in [0.1, 0.15) is 22.0 Å². The predicted octanol–water partition coefficient (Wildman–Crippen LogP) is -0.255. The minimum absolute atomic E-state index is 0.0380. The van der Waals surface area contributed by atoms with E-state index < -0.39 is 45.2 Å². The molecule has 1 aromatic carbocycles. The molecule has 0 fully saturated rings. The van der Waals surface area contributed by atoms with Crippen LogP contribution in [-0.4, -0.2) is 60.4 Å². The van der Waals surface area contributed by atoms with E-state index in [4.69, 9.17) is 15.2 Å². The quantitative estimate of drug-likeness (QED) is 0.375. The van der Waals surface area contributed by atoms with Crippen LogP contribution in [-0.2, 0) is 28.9 Å². The van der Waals surface area contributed by atoms with Crippen LogP contribution in [0.3, 0.4) is 0 Å². The second-order valence-electron chi connectivity index (χ2n) is 6.92. The lowest BCUT2D eigenvalue weighted by Gasteiger charge is -2.20. The normalized spacial score (nSPS) is 11.5. The summed E-state index contributed by atoms with van der Waals surface area (Å²) in [7, 11) is -0.192. The molecule has 0 unspecified atom stereocenters. The van der Waals surface area contributed by atoms with Crippen molar-refractivity contribution in [2.24, 2.45) is 14.1 Å². The van der Waals surface area contributed by atoms with E-state index in [-0.39, 0.29) is 35.1 Å². The third-order valence-corrected chi connectivity index (χ3v) is 7.12. The number of carbonyl (C=O) groups is 2. The first kappa shape index (κ1) is 25.8. The molecule has 2 rings (SSSR count). The molecule has 0 aliphatic rings. The second kappa shape index (κ2) is 10.0. The molecule has 12 nitrogen and oxygen atoms in total. The zero-order valence-electron chi connectivity index (χ0n) is 18.9. The number of anilines is 1. The summed E-state index contributed by atoms with van der Waals surface area (Å²) in [5, 5.41) is 0. The summed E-state index contributed by atoms with van der Waals surface area (Å²) >= 11 is 0. The second-order valence-corrected chi connectivity index (χ2v) is 8.83. The fourth-order valence-electron chi connectivity index (χ4n) is 3.12. The molecule has 2 aromatic rings. The highest BCUT2D eigenvalue weighted by Crippen LogP contribution is 2.28. The number of nitrogens with two attached hydrogens (primary N) is 1. The van der Waals surface area contributed by atoms with Gasteiger partial charge in [0.25, 0.3) is 5.56 Å². The monoisotopic (exact) mass is 482 g/mol. The Morgan fingerprint density at radius 2 is 1.70 bits per heavy atom. The zero-order valence-corrected chi connectivity index (χ0v) is 19.8. The van der Waals surface area contributed by atoms with Crippen molar-refractivity contribution >= 4 is 27.6 Å². The van der Waals surface area contributed by atoms with Crippen LogP contribution in [0, 0.1) is 0 Å². The number of benzene rings is 1. The number of ketones is 1. The molecule has 0 aliphatic carbocycles. The lowest BCUT2D eigenvalue weighted by Crippen LogP contribution is -2.42. The predicted molar refractivity (Wildman–Crippen MR) is 119 cm³/mol. The highest BCUT2D eigenvalue weighted by atomic mass is 32.2. The summed E-state index contributed by atoms with van der Waals surface area (Å²) in [6.07, 6.45) is 0. The number of aromatic nitrogens is 2. The van der Waals surface area contributed by atoms with Crippen LogP contribution in [0.4, 0.5) is 5.82 Å². The number of esters is 1. The molecule has 180 valence electrons. The standard InChI is InChI=1S/C20H26N4O8S/c1-6-24(7-2)33(29,30)15-10-12(8-9-14(15)31-5)19(27)32-11-13(25)16-17(21)22(3)20(28)23(4)18(16)26/h8-10H,6-7,11,21H2,1-5H3. The lowest BCUT2D eigenvalue weighted by molar-refractivity contribution is 0.0474. The van der Waals surface area contributed by atoms with Gasteiger partial charge in [0.2, 0.25) is 15.8 Å². The molecule has 13 heteroatoms. The Morgan fingerprint density at radius 3 is 2.24 bits per heavy atom. The maximum absolute atomic E-state index is 12.9. The Morgan fingerprint density at radius 1 is 1.09 bits per heavy atom. The zero-order chi connectivity index (χ0) is 25.1. The number of rotatable bonds is 9. The third-order valence-electron chi connectivity index (χ3n) is 5.05. The molecular formula is C20H26N4O8S. The van der Waals surface area contributed by atoms with Crippen molar-refractivity contribution in [3.05, 3.63) is 50.2 Å². The van der Waals surface area contributed by atoms with E-state index in [1.807, 2.05) is 0 Å². The van der Waals surface area contributed by atoms with Gasteiger partial charge >= 0.3 is 11.7 Å². The Kier molecular flexibility index (Phi) is 7.82. The van der Waals surface area contributed by atoms with E-state index >= 15 is 0 Å². The summed E-state index contributed by atoms with van der Waals surface area (Å²) in [6.45, 7) is 2.92. The summed E-state index contributed by atoms with van der Waals surface area (Å²) in [5.41, 5.74) is 3.45. The molecule has 0 saturated carbocycles. The number of nitrogens with zero attached hydrogens (tertiary/aromatic N) is 3. The fraction of sp³-hybridized carbons (Fsp3) is 0.400. The maximum Gasteiger partial charge on any atom is 0.338 e. The van der Waals surface area contributed by atoms with Gasteiger partial charge in [-0.2, -0.15) is 4.31 Å². The number of hydrogen-bond acceptors (Lipinski definition) is 9. The molecule has 0 atom stereocenters. The van der Waals surface area contributed by atoms with Crippen molar-refractivity contribution in [2.45, 2.75) is 18.7 Å². The Hall–Kier alpha value is -3.45. The highest BCUT2D eigenvalue weighted by Gasteiger charge is 2.28. The van der Waals surface area contributed by atoms with Crippen LogP contribution in [0.2, 0.25) is 0 Å². The van der Waals surface area contributed by atoms with Crippen molar-refractivity contribution in [3.8, 4) is 5.75 Å². The highest BCUT2D eigenvalue weighted by molar-refractivity contribution is 7.89. The summed E-state index contributed by atoms with van der Waals surface area (Å²) in [4.78, 5) is 49.0. The molecule has 0 saturated heterocycles. The molecule has 33 heavy (non-hydrogen) atoms. The van der Waals surface area contributed by atoms with Crippen LogP contribution in [0.1, 0.15) is 34.6 Å². The number of carbonyl (C=O) groups excluding carboxylic acids is 2. The van der Waals surface area contributed by atoms with E-state index in [1.54, 1.807) is 13.8 Å². The molecular weight excluding hydrogens is 456 g/mol. The topological polar surface area (TPSA) is 160 Å². The van der Waals surface area contributed by atoms with Crippen LogP contribution in [0.25, 0.3) is 0 Å². The smallest absolute Gasteiger partial charge is 0.338 e. The third kappa shape index (κ3) is 4.83. The van der Waals surface area contributed by atoms with Crippen LogP contribution < -0.4 is 21.7 Å². The Bertz CT molecular complexity index is 1310. The van der Waals surface area contributed by atoms with Gasteiger partial charge in [-0.3, -0.25) is 18.7 Å². The van der Waals surface area contributed by atoms with E-state index in [1.165, 1.54) is 37.6 Å². The first-order chi connectivity index (χ1) is 15.4. The summed E-state index contributed by atoms with van der Waals surface area (Å²) < 4.78 is 38.8. The summed E-state index contributed by atoms with van der Waals surface area (Å²) in [6, 6.07) is 3.68. The molecule has 0 spiro atoms.